The molecule has 0 bridgehead atoms. The van der Waals surface area contributed by atoms with Crippen molar-refractivity contribution in [1.82, 2.24) is 4.72 Å². The molecule has 0 fully saturated rings. The molecule has 0 aliphatic rings. The number of nitrogens with two attached hydrogens (primary N) is 1. The van der Waals surface area contributed by atoms with Crippen LogP contribution in [0, 0.1) is 0 Å². The maximum atomic E-state index is 12.1. The minimum Gasteiger partial charge on any atom is -0.457 e. The number of carbonyl (C=O) groups is 2. The number of nitrogens with one attached hydrogen (secondary N) is 1. The number of benzene rings is 2. The van der Waals surface area contributed by atoms with Crippen LogP contribution < -0.4 is 10.5 Å². The predicted octanol–water partition coefficient (Wildman–Crippen LogP) is 1.53. The van der Waals surface area contributed by atoms with E-state index in [0.717, 1.165) is 10.5 Å². The van der Waals surface area contributed by atoms with Crippen molar-refractivity contribution in [2.24, 2.45) is 5.73 Å². The molecule has 7 nitrogen and oxygen atoms in total. The van der Waals surface area contributed by atoms with Crippen LogP contribution in [0.4, 0.5) is 0 Å². The zero-order valence-electron chi connectivity index (χ0n) is 14.0. The second-order valence-electron chi connectivity index (χ2n) is 5.24. The van der Waals surface area contributed by atoms with E-state index in [9.17, 15) is 18.0 Å². The number of hydrogen-bond donors (Lipinski definition) is 2. The molecule has 0 aliphatic heterocycles. The van der Waals surface area contributed by atoms with E-state index in [1.807, 2.05) is 30.5 Å². The number of thioether (sulfide) groups is 1. The highest BCUT2D eigenvalue weighted by atomic mass is 32.2. The fourth-order valence-corrected chi connectivity index (χ4v) is 3.38. The maximum absolute atomic E-state index is 12.1. The summed E-state index contributed by atoms with van der Waals surface area (Å²) >= 11 is 1.62. The molecule has 2 rings (SSSR count). The summed E-state index contributed by atoms with van der Waals surface area (Å²) in [4.78, 5) is 23.8. The highest BCUT2D eigenvalue weighted by Gasteiger charge is 2.16. The molecule has 138 valence electrons. The third kappa shape index (κ3) is 5.58. The van der Waals surface area contributed by atoms with Crippen molar-refractivity contribution in [3.8, 4) is 0 Å². The Morgan fingerprint density at radius 2 is 1.69 bits per heavy atom. The number of hydrogen-bond acceptors (Lipinski definition) is 6. The van der Waals surface area contributed by atoms with Crippen molar-refractivity contribution in [3.05, 3.63) is 59.7 Å². The van der Waals surface area contributed by atoms with Gasteiger partial charge in [-0.05, 0) is 48.2 Å². The molecular weight excluding hydrogens is 376 g/mol. The van der Waals surface area contributed by atoms with Crippen LogP contribution in [0.25, 0.3) is 0 Å². The van der Waals surface area contributed by atoms with Crippen molar-refractivity contribution < 1.29 is 22.7 Å². The van der Waals surface area contributed by atoms with E-state index in [1.165, 1.54) is 24.3 Å². The molecule has 0 saturated heterocycles. The van der Waals surface area contributed by atoms with Gasteiger partial charge in [0.15, 0.2) is 0 Å². The SMILES string of the molecule is CSc1ccc(COC(=O)c2ccc(S(=O)(=O)NCC(N)=O)cc2)cc1. The van der Waals surface area contributed by atoms with Crippen molar-refractivity contribution in [2.45, 2.75) is 16.4 Å². The topological polar surface area (TPSA) is 116 Å². The van der Waals surface area contributed by atoms with E-state index in [0.29, 0.717) is 0 Å². The third-order valence-electron chi connectivity index (χ3n) is 3.37. The van der Waals surface area contributed by atoms with Crippen molar-refractivity contribution in [1.29, 1.82) is 0 Å². The number of rotatable bonds is 8. The lowest BCUT2D eigenvalue weighted by Crippen LogP contribution is -2.33. The van der Waals surface area contributed by atoms with Gasteiger partial charge >= 0.3 is 5.97 Å². The zero-order chi connectivity index (χ0) is 19.2. The molecule has 0 radical (unpaired) electrons. The number of amides is 1. The fraction of sp³-hybridized carbons (Fsp3) is 0.176. The molecule has 0 aliphatic carbocycles. The Morgan fingerprint density at radius 3 is 2.23 bits per heavy atom. The number of esters is 1. The summed E-state index contributed by atoms with van der Waals surface area (Å²) < 4.78 is 31.2. The molecule has 0 spiro atoms. The monoisotopic (exact) mass is 394 g/mol. The number of carbonyl (C=O) groups excluding carboxylic acids is 2. The van der Waals surface area contributed by atoms with Crippen LogP contribution >= 0.6 is 11.8 Å². The predicted molar refractivity (Wildman–Crippen MR) is 98.2 cm³/mol. The average Bonchev–Trinajstić information content (AvgIpc) is 2.65. The molecule has 0 aromatic heterocycles. The van der Waals surface area contributed by atoms with E-state index in [4.69, 9.17) is 10.5 Å². The largest absolute Gasteiger partial charge is 0.457 e. The molecule has 0 saturated carbocycles. The smallest absolute Gasteiger partial charge is 0.338 e. The Hall–Kier alpha value is -2.36. The van der Waals surface area contributed by atoms with Gasteiger partial charge in [0, 0.05) is 4.90 Å². The van der Waals surface area contributed by atoms with E-state index in [-0.39, 0.29) is 17.1 Å². The van der Waals surface area contributed by atoms with Gasteiger partial charge in [0.25, 0.3) is 0 Å². The molecule has 2 aromatic rings. The molecule has 0 heterocycles. The summed E-state index contributed by atoms with van der Waals surface area (Å²) in [5.41, 5.74) is 5.99. The van der Waals surface area contributed by atoms with Crippen molar-refractivity contribution >= 4 is 33.7 Å². The first-order valence-corrected chi connectivity index (χ1v) is 10.2. The van der Waals surface area contributed by atoms with Gasteiger partial charge in [-0.25, -0.2) is 17.9 Å². The first kappa shape index (κ1) is 20.0. The number of ether oxygens (including phenoxy) is 1. The zero-order valence-corrected chi connectivity index (χ0v) is 15.6. The highest BCUT2D eigenvalue weighted by Crippen LogP contribution is 2.16. The minimum atomic E-state index is -3.86. The van der Waals surface area contributed by atoms with Crippen LogP contribution in [0.1, 0.15) is 15.9 Å². The highest BCUT2D eigenvalue weighted by molar-refractivity contribution is 7.98. The molecule has 1 amide bonds. The van der Waals surface area contributed by atoms with Gasteiger partial charge in [-0.2, -0.15) is 0 Å². The Bertz CT molecular complexity index is 878. The number of primary amides is 1. The van der Waals surface area contributed by atoms with Gasteiger partial charge in [0.2, 0.25) is 15.9 Å². The molecule has 0 atom stereocenters. The van der Waals surface area contributed by atoms with Crippen LogP contribution in [0.15, 0.2) is 58.3 Å². The van der Waals surface area contributed by atoms with Crippen molar-refractivity contribution in [3.63, 3.8) is 0 Å². The molecule has 9 heteroatoms. The second kappa shape index (κ2) is 8.84. The van der Waals surface area contributed by atoms with Gasteiger partial charge < -0.3 is 10.5 Å². The summed E-state index contributed by atoms with van der Waals surface area (Å²) in [6.07, 6.45) is 1.97. The Morgan fingerprint density at radius 1 is 1.08 bits per heavy atom. The van der Waals surface area contributed by atoms with Crippen LogP contribution in [-0.4, -0.2) is 33.1 Å². The lowest BCUT2D eigenvalue weighted by molar-refractivity contribution is -0.116. The Kier molecular flexibility index (Phi) is 6.78. The Balaban J connectivity index is 1.98. The van der Waals surface area contributed by atoms with Crippen LogP contribution in [0.5, 0.6) is 0 Å². The third-order valence-corrected chi connectivity index (χ3v) is 5.53. The molecule has 3 N–H and O–H groups in total. The summed E-state index contributed by atoms with van der Waals surface area (Å²) in [7, 11) is -3.86. The lowest BCUT2D eigenvalue weighted by Gasteiger charge is -2.07. The first-order chi connectivity index (χ1) is 12.3. The van der Waals surface area contributed by atoms with Gasteiger partial charge in [0.1, 0.15) is 6.61 Å². The molecule has 2 aromatic carbocycles. The van der Waals surface area contributed by atoms with Crippen LogP contribution in [0.2, 0.25) is 0 Å². The lowest BCUT2D eigenvalue weighted by atomic mass is 10.2. The van der Waals surface area contributed by atoms with E-state index < -0.39 is 28.4 Å². The van der Waals surface area contributed by atoms with Gasteiger partial charge in [-0.1, -0.05) is 12.1 Å². The number of sulfonamides is 1. The summed E-state index contributed by atoms with van der Waals surface area (Å²) in [5, 5.41) is 0. The van der Waals surface area contributed by atoms with E-state index in [1.54, 1.807) is 11.8 Å². The standard InChI is InChI=1S/C17H18N2O5S2/c1-25-14-6-2-12(3-7-14)11-24-17(21)13-4-8-15(9-5-13)26(22,23)19-10-16(18)20/h2-9,19H,10-11H2,1H3,(H2,18,20). The van der Waals surface area contributed by atoms with E-state index in [2.05, 4.69) is 4.72 Å². The van der Waals surface area contributed by atoms with Gasteiger partial charge in [-0.15, -0.1) is 11.8 Å². The van der Waals surface area contributed by atoms with Gasteiger partial charge in [0.05, 0.1) is 17.0 Å². The molecular formula is C17H18N2O5S2. The first-order valence-electron chi connectivity index (χ1n) is 7.50. The van der Waals surface area contributed by atoms with E-state index >= 15 is 0 Å². The summed E-state index contributed by atoms with van der Waals surface area (Å²) in [6.45, 7) is -0.380. The minimum absolute atomic E-state index is 0.0806. The second-order valence-corrected chi connectivity index (χ2v) is 7.89. The van der Waals surface area contributed by atoms with Crippen LogP contribution in [0.3, 0.4) is 0 Å². The van der Waals surface area contributed by atoms with Crippen LogP contribution in [-0.2, 0) is 26.2 Å². The maximum Gasteiger partial charge on any atom is 0.338 e. The quantitative estimate of drug-likeness (QED) is 0.518. The molecule has 26 heavy (non-hydrogen) atoms. The normalized spacial score (nSPS) is 11.1. The van der Waals surface area contributed by atoms with Gasteiger partial charge in [-0.3, -0.25) is 4.79 Å². The Labute approximate surface area is 156 Å². The average molecular weight is 394 g/mol. The summed E-state index contributed by atoms with van der Waals surface area (Å²) in [6, 6.07) is 12.8. The summed E-state index contributed by atoms with van der Waals surface area (Å²) in [5.74, 6) is -1.35. The fourth-order valence-electron chi connectivity index (χ4n) is 1.97. The van der Waals surface area contributed by atoms with Crippen molar-refractivity contribution in [2.75, 3.05) is 12.8 Å². The molecule has 0 unspecified atom stereocenters.